The van der Waals surface area contributed by atoms with Gasteiger partial charge in [-0.1, -0.05) is 31.2 Å². The lowest BCUT2D eigenvalue weighted by Crippen LogP contribution is -2.40. The van der Waals surface area contributed by atoms with Gasteiger partial charge in [0.2, 0.25) is 0 Å². The summed E-state index contributed by atoms with van der Waals surface area (Å²) < 4.78 is 0. The van der Waals surface area contributed by atoms with E-state index in [1.807, 2.05) is 6.92 Å². The van der Waals surface area contributed by atoms with Crippen molar-refractivity contribution in [1.82, 2.24) is 15.5 Å². The number of piperidine rings is 1. The number of nitrogens with zero attached hydrogens (tertiary/aromatic N) is 1. The van der Waals surface area contributed by atoms with Crippen molar-refractivity contribution >= 4 is 6.03 Å². The Hall–Kier alpha value is -1.59. The van der Waals surface area contributed by atoms with Gasteiger partial charge < -0.3 is 15.7 Å². The summed E-state index contributed by atoms with van der Waals surface area (Å²) in [4.78, 5) is 14.4. The van der Waals surface area contributed by atoms with Crippen molar-refractivity contribution in [2.45, 2.75) is 58.7 Å². The van der Waals surface area contributed by atoms with Crippen molar-refractivity contribution in [1.29, 1.82) is 0 Å². The zero-order chi connectivity index (χ0) is 18.1. The molecule has 1 aromatic rings. The molecule has 0 bridgehead atoms. The van der Waals surface area contributed by atoms with Crippen LogP contribution in [0.1, 0.15) is 50.7 Å². The Morgan fingerprint density at radius 3 is 2.52 bits per heavy atom. The summed E-state index contributed by atoms with van der Waals surface area (Å²) in [5, 5.41) is 14.6. The maximum absolute atomic E-state index is 11.9. The van der Waals surface area contributed by atoms with Gasteiger partial charge in [0, 0.05) is 25.7 Å². The molecule has 5 nitrogen and oxygen atoms in total. The molecule has 1 saturated heterocycles. The average molecular weight is 348 g/mol. The maximum Gasteiger partial charge on any atom is 0.315 e. The summed E-state index contributed by atoms with van der Waals surface area (Å²) in [5.41, 5.74) is 2.44. The molecule has 140 valence electrons. The molecule has 0 saturated carbocycles. The topological polar surface area (TPSA) is 64.6 Å². The quantitative estimate of drug-likeness (QED) is 0.677. The Morgan fingerprint density at radius 2 is 1.88 bits per heavy atom. The van der Waals surface area contributed by atoms with Crippen LogP contribution >= 0.6 is 0 Å². The maximum atomic E-state index is 11.9. The number of amides is 2. The molecule has 1 fully saturated rings. The Balaban J connectivity index is 1.70. The second-order valence-corrected chi connectivity index (χ2v) is 7.37. The second-order valence-electron chi connectivity index (χ2n) is 7.37. The monoisotopic (exact) mass is 347 g/mol. The van der Waals surface area contributed by atoms with Gasteiger partial charge in [-0.3, -0.25) is 4.90 Å². The lowest BCUT2D eigenvalue weighted by molar-refractivity contribution is 0.185. The standard InChI is InChI=1S/C20H33N3O2/c1-16-9-11-23(12-10-16)15-19-7-5-18(6-8-19)14-21-20(25)22-17(2)4-3-13-24/h5-8,16-17,24H,3-4,9-15H2,1-2H3,(H2,21,22,25). The molecule has 25 heavy (non-hydrogen) atoms. The molecule has 0 aliphatic carbocycles. The SMILES string of the molecule is CC1CCN(Cc2ccc(CNC(=O)NC(C)CCCO)cc2)CC1. The summed E-state index contributed by atoms with van der Waals surface area (Å²) in [5.74, 6) is 0.863. The number of nitrogens with one attached hydrogen (secondary N) is 2. The van der Waals surface area contributed by atoms with E-state index in [9.17, 15) is 4.79 Å². The van der Waals surface area contributed by atoms with Crippen LogP contribution in [0, 0.1) is 5.92 Å². The van der Waals surface area contributed by atoms with E-state index in [2.05, 4.69) is 46.7 Å². The number of hydrogen-bond acceptors (Lipinski definition) is 3. The highest BCUT2D eigenvalue weighted by atomic mass is 16.3. The molecule has 1 atom stereocenters. The minimum Gasteiger partial charge on any atom is -0.396 e. The van der Waals surface area contributed by atoms with Gasteiger partial charge in [0.25, 0.3) is 0 Å². The summed E-state index contributed by atoms with van der Waals surface area (Å²) >= 11 is 0. The molecule has 2 rings (SSSR count). The highest BCUT2D eigenvalue weighted by Gasteiger charge is 2.15. The van der Waals surface area contributed by atoms with Gasteiger partial charge in [-0.05, 0) is 62.7 Å². The van der Waals surface area contributed by atoms with E-state index in [1.165, 1.54) is 31.5 Å². The summed E-state index contributed by atoms with van der Waals surface area (Å²) in [6, 6.07) is 8.43. The third kappa shape index (κ3) is 7.45. The number of aliphatic hydroxyl groups is 1. The first-order valence-electron chi connectivity index (χ1n) is 9.52. The van der Waals surface area contributed by atoms with Crippen LogP contribution in [-0.2, 0) is 13.1 Å². The molecule has 0 radical (unpaired) electrons. The lowest BCUT2D eigenvalue weighted by atomic mass is 9.99. The second kappa shape index (κ2) is 10.4. The third-order valence-electron chi connectivity index (χ3n) is 4.93. The van der Waals surface area contributed by atoms with Crippen LogP contribution in [0.15, 0.2) is 24.3 Å². The van der Waals surface area contributed by atoms with Crippen LogP contribution in [0.25, 0.3) is 0 Å². The van der Waals surface area contributed by atoms with Crippen LogP contribution < -0.4 is 10.6 Å². The molecular formula is C20H33N3O2. The van der Waals surface area contributed by atoms with Crippen molar-refractivity contribution < 1.29 is 9.90 Å². The lowest BCUT2D eigenvalue weighted by Gasteiger charge is -2.30. The van der Waals surface area contributed by atoms with E-state index in [1.54, 1.807) is 0 Å². The van der Waals surface area contributed by atoms with Gasteiger partial charge in [0.1, 0.15) is 0 Å². The van der Waals surface area contributed by atoms with Crippen LogP contribution in [0.3, 0.4) is 0 Å². The third-order valence-corrected chi connectivity index (χ3v) is 4.93. The largest absolute Gasteiger partial charge is 0.396 e. The molecule has 1 aliphatic rings. The summed E-state index contributed by atoms with van der Waals surface area (Å²) in [7, 11) is 0. The minimum atomic E-state index is -0.156. The molecular weight excluding hydrogens is 314 g/mol. The van der Waals surface area contributed by atoms with Crippen LogP contribution in [0.5, 0.6) is 0 Å². The summed E-state index contributed by atoms with van der Waals surface area (Å²) in [6.45, 7) is 8.38. The molecule has 0 aromatic heterocycles. The number of hydrogen-bond donors (Lipinski definition) is 3. The van der Waals surface area contributed by atoms with Gasteiger partial charge in [-0.2, -0.15) is 0 Å². The fraction of sp³-hybridized carbons (Fsp3) is 0.650. The fourth-order valence-electron chi connectivity index (χ4n) is 3.17. The number of aliphatic hydroxyl groups excluding tert-OH is 1. The van der Waals surface area contributed by atoms with Gasteiger partial charge in [-0.25, -0.2) is 4.79 Å². The highest BCUT2D eigenvalue weighted by molar-refractivity contribution is 5.74. The van der Waals surface area contributed by atoms with E-state index < -0.39 is 0 Å². The Labute approximate surface area is 151 Å². The van der Waals surface area contributed by atoms with Crippen molar-refractivity contribution in [2.24, 2.45) is 5.92 Å². The number of carbonyl (C=O) groups excluding carboxylic acids is 1. The molecule has 1 unspecified atom stereocenters. The van der Waals surface area contributed by atoms with Crippen LogP contribution in [0.4, 0.5) is 4.79 Å². The smallest absolute Gasteiger partial charge is 0.315 e. The Morgan fingerprint density at radius 1 is 1.24 bits per heavy atom. The first-order chi connectivity index (χ1) is 12.1. The first kappa shape index (κ1) is 19.7. The molecule has 1 aliphatic heterocycles. The van der Waals surface area contributed by atoms with E-state index >= 15 is 0 Å². The predicted octanol–water partition coefficient (Wildman–Crippen LogP) is 2.88. The predicted molar refractivity (Wildman–Crippen MR) is 101 cm³/mol. The van der Waals surface area contributed by atoms with E-state index in [0.29, 0.717) is 13.0 Å². The van der Waals surface area contributed by atoms with E-state index in [0.717, 1.165) is 24.4 Å². The van der Waals surface area contributed by atoms with Crippen LogP contribution in [0.2, 0.25) is 0 Å². The summed E-state index contributed by atoms with van der Waals surface area (Å²) in [6.07, 6.45) is 4.09. The number of carbonyl (C=O) groups is 1. The number of urea groups is 1. The van der Waals surface area contributed by atoms with Gasteiger partial charge in [0.15, 0.2) is 0 Å². The van der Waals surface area contributed by atoms with Crippen molar-refractivity contribution in [3.63, 3.8) is 0 Å². The molecule has 2 amide bonds. The van der Waals surface area contributed by atoms with Crippen molar-refractivity contribution in [3.05, 3.63) is 35.4 Å². The van der Waals surface area contributed by atoms with Gasteiger partial charge in [0.05, 0.1) is 0 Å². The normalized spacial score (nSPS) is 17.2. The molecule has 1 heterocycles. The highest BCUT2D eigenvalue weighted by Crippen LogP contribution is 2.18. The number of rotatable bonds is 8. The molecule has 0 spiro atoms. The zero-order valence-corrected chi connectivity index (χ0v) is 15.6. The number of likely N-dealkylation sites (tertiary alicyclic amines) is 1. The van der Waals surface area contributed by atoms with Crippen molar-refractivity contribution in [2.75, 3.05) is 19.7 Å². The first-order valence-corrected chi connectivity index (χ1v) is 9.52. The van der Waals surface area contributed by atoms with Gasteiger partial charge >= 0.3 is 6.03 Å². The minimum absolute atomic E-state index is 0.0711. The van der Waals surface area contributed by atoms with E-state index in [-0.39, 0.29) is 18.7 Å². The van der Waals surface area contributed by atoms with E-state index in [4.69, 9.17) is 5.11 Å². The average Bonchev–Trinajstić information content (AvgIpc) is 2.61. The van der Waals surface area contributed by atoms with Gasteiger partial charge in [-0.15, -0.1) is 0 Å². The molecule has 1 aromatic carbocycles. The zero-order valence-electron chi connectivity index (χ0n) is 15.6. The fourth-order valence-corrected chi connectivity index (χ4v) is 3.17. The van der Waals surface area contributed by atoms with Crippen LogP contribution in [-0.4, -0.2) is 41.8 Å². The molecule has 5 heteroatoms. The van der Waals surface area contributed by atoms with Crippen molar-refractivity contribution in [3.8, 4) is 0 Å². The Kier molecular flexibility index (Phi) is 8.22. The molecule has 3 N–H and O–H groups in total. The number of benzene rings is 1. The Bertz CT molecular complexity index is 510.